The average Bonchev–Trinajstić information content (AvgIpc) is 2.89. The number of carbonyl (C=O) groups excluding carboxylic acids is 1. The first-order chi connectivity index (χ1) is 17.7. The SMILES string of the molecule is CCOC(=O)c1cc(=O)c2c3cc(N4CCN(c5ccc(C)c(F)c5)CC4)c(Cl)c(F)c3ncc2n1C. The number of hydrogen-bond acceptors (Lipinski definition) is 6. The highest BCUT2D eigenvalue weighted by molar-refractivity contribution is 6.34. The van der Waals surface area contributed by atoms with Crippen LogP contribution in [0.5, 0.6) is 0 Å². The topological polar surface area (TPSA) is 67.7 Å². The Hall–Kier alpha value is -3.72. The van der Waals surface area contributed by atoms with E-state index in [1.165, 1.54) is 22.9 Å². The summed E-state index contributed by atoms with van der Waals surface area (Å²) < 4.78 is 36.1. The monoisotopic (exact) mass is 526 g/mol. The van der Waals surface area contributed by atoms with E-state index in [0.717, 1.165) is 5.69 Å². The number of rotatable bonds is 4. The second kappa shape index (κ2) is 9.63. The van der Waals surface area contributed by atoms with E-state index >= 15 is 4.39 Å². The lowest BCUT2D eigenvalue weighted by atomic mass is 10.1. The lowest BCUT2D eigenvalue weighted by Gasteiger charge is -2.38. The van der Waals surface area contributed by atoms with Crippen LogP contribution in [-0.4, -0.2) is 48.3 Å². The molecule has 0 bridgehead atoms. The van der Waals surface area contributed by atoms with Gasteiger partial charge in [0.25, 0.3) is 0 Å². The predicted molar refractivity (Wildman–Crippen MR) is 141 cm³/mol. The van der Waals surface area contributed by atoms with Crippen molar-refractivity contribution in [1.82, 2.24) is 9.55 Å². The number of carbonyl (C=O) groups is 1. The van der Waals surface area contributed by atoms with E-state index in [4.69, 9.17) is 16.3 Å². The first kappa shape index (κ1) is 25.0. The van der Waals surface area contributed by atoms with E-state index < -0.39 is 17.2 Å². The Morgan fingerprint density at radius 1 is 1.11 bits per heavy atom. The molecule has 10 heteroatoms. The molecule has 0 radical (unpaired) electrons. The van der Waals surface area contributed by atoms with Crippen molar-refractivity contribution in [2.75, 3.05) is 42.6 Å². The van der Waals surface area contributed by atoms with Crippen molar-refractivity contribution in [1.29, 1.82) is 0 Å². The highest BCUT2D eigenvalue weighted by Gasteiger charge is 2.25. The standard InChI is InChI=1S/C27H25ClF2N4O3/c1-4-37-27(36)20-13-22(35)23-17-12-19(24(28)25(30)26(17)31-14-21(23)32(20)3)34-9-7-33(8-10-34)16-6-5-15(2)18(29)11-16/h5-6,11-14H,4,7-10H2,1-3H3. The summed E-state index contributed by atoms with van der Waals surface area (Å²) in [7, 11) is 1.63. The number of benzene rings is 2. The third-order valence-electron chi connectivity index (χ3n) is 6.87. The van der Waals surface area contributed by atoms with Crippen LogP contribution in [0.25, 0.3) is 21.8 Å². The molecule has 1 fully saturated rings. The van der Waals surface area contributed by atoms with Gasteiger partial charge in [0.15, 0.2) is 11.2 Å². The maximum absolute atomic E-state index is 15.4. The van der Waals surface area contributed by atoms with Gasteiger partial charge in [-0.25, -0.2) is 13.6 Å². The number of pyridine rings is 2. The number of fused-ring (bicyclic) bond motifs is 3. The van der Waals surface area contributed by atoms with Crippen molar-refractivity contribution in [3.8, 4) is 0 Å². The summed E-state index contributed by atoms with van der Waals surface area (Å²) in [6.45, 7) is 5.76. The Kier molecular flexibility index (Phi) is 6.49. The van der Waals surface area contributed by atoms with Gasteiger partial charge in [0.2, 0.25) is 0 Å². The van der Waals surface area contributed by atoms with Gasteiger partial charge in [0, 0.05) is 50.4 Å². The quantitative estimate of drug-likeness (QED) is 0.280. The maximum atomic E-state index is 15.4. The molecular formula is C27H25ClF2N4O3. The fourth-order valence-corrected chi connectivity index (χ4v) is 5.06. The summed E-state index contributed by atoms with van der Waals surface area (Å²) >= 11 is 6.46. The lowest BCUT2D eigenvalue weighted by Crippen LogP contribution is -2.46. The molecule has 0 atom stereocenters. The minimum Gasteiger partial charge on any atom is -0.461 e. The van der Waals surface area contributed by atoms with Crippen LogP contribution in [0.4, 0.5) is 20.2 Å². The Morgan fingerprint density at radius 2 is 1.81 bits per heavy atom. The molecule has 0 spiro atoms. The zero-order valence-electron chi connectivity index (χ0n) is 20.6. The van der Waals surface area contributed by atoms with Crippen LogP contribution in [0.15, 0.2) is 41.3 Å². The van der Waals surface area contributed by atoms with Gasteiger partial charge in [-0.05, 0) is 37.6 Å². The number of piperazine rings is 1. The largest absolute Gasteiger partial charge is 0.461 e. The number of halogens is 3. The Balaban J connectivity index is 1.55. The van der Waals surface area contributed by atoms with Gasteiger partial charge in [-0.1, -0.05) is 17.7 Å². The van der Waals surface area contributed by atoms with Crippen molar-refractivity contribution in [2.24, 2.45) is 7.05 Å². The van der Waals surface area contributed by atoms with Crippen LogP contribution in [-0.2, 0) is 11.8 Å². The van der Waals surface area contributed by atoms with Crippen molar-refractivity contribution in [3.05, 3.63) is 74.7 Å². The molecule has 0 aliphatic carbocycles. The van der Waals surface area contributed by atoms with Crippen molar-refractivity contribution < 1.29 is 18.3 Å². The van der Waals surface area contributed by atoms with Crippen LogP contribution in [0.1, 0.15) is 23.0 Å². The summed E-state index contributed by atoms with van der Waals surface area (Å²) in [5.41, 5.74) is 1.82. The van der Waals surface area contributed by atoms with Gasteiger partial charge in [-0.2, -0.15) is 0 Å². The zero-order chi connectivity index (χ0) is 26.4. The second-order valence-electron chi connectivity index (χ2n) is 9.02. The van der Waals surface area contributed by atoms with Crippen LogP contribution in [0.3, 0.4) is 0 Å². The highest BCUT2D eigenvalue weighted by Crippen LogP contribution is 2.36. The molecule has 5 rings (SSSR count). The van der Waals surface area contributed by atoms with E-state index in [0.29, 0.717) is 48.3 Å². The molecule has 3 heterocycles. The molecule has 192 valence electrons. The number of esters is 1. The molecule has 1 aliphatic heterocycles. The number of anilines is 2. The molecule has 2 aromatic carbocycles. The number of hydrogen-bond donors (Lipinski definition) is 0. The first-order valence-electron chi connectivity index (χ1n) is 11.9. The summed E-state index contributed by atoms with van der Waals surface area (Å²) in [6.07, 6.45) is 1.36. The van der Waals surface area contributed by atoms with E-state index in [1.807, 2.05) is 11.0 Å². The minimum absolute atomic E-state index is 0.0176. The Bertz CT molecular complexity index is 1610. The minimum atomic E-state index is -0.712. The molecule has 0 unspecified atom stereocenters. The number of aromatic nitrogens is 2. The smallest absolute Gasteiger partial charge is 0.355 e. The van der Waals surface area contributed by atoms with Crippen LogP contribution in [0, 0.1) is 18.6 Å². The molecule has 1 saturated heterocycles. The Labute approximate surface area is 216 Å². The van der Waals surface area contributed by atoms with Crippen LogP contribution >= 0.6 is 11.6 Å². The van der Waals surface area contributed by atoms with E-state index in [-0.39, 0.29) is 34.0 Å². The van der Waals surface area contributed by atoms with Gasteiger partial charge in [-0.15, -0.1) is 0 Å². The fourth-order valence-electron chi connectivity index (χ4n) is 4.80. The summed E-state index contributed by atoms with van der Waals surface area (Å²) in [5, 5.41) is 0.480. The third kappa shape index (κ3) is 4.27. The molecule has 1 aliphatic rings. The van der Waals surface area contributed by atoms with E-state index in [2.05, 4.69) is 9.88 Å². The van der Waals surface area contributed by atoms with E-state index in [1.54, 1.807) is 33.0 Å². The number of ether oxygens (including phenoxy) is 1. The molecule has 37 heavy (non-hydrogen) atoms. The molecule has 4 aromatic rings. The van der Waals surface area contributed by atoms with Crippen molar-refractivity contribution >= 4 is 50.8 Å². The van der Waals surface area contributed by atoms with Crippen LogP contribution in [0.2, 0.25) is 5.02 Å². The molecule has 0 amide bonds. The average molecular weight is 527 g/mol. The third-order valence-corrected chi connectivity index (χ3v) is 7.23. The zero-order valence-corrected chi connectivity index (χ0v) is 21.4. The fraction of sp³-hybridized carbons (Fsp3) is 0.296. The van der Waals surface area contributed by atoms with Gasteiger partial charge in [-0.3, -0.25) is 9.78 Å². The van der Waals surface area contributed by atoms with Gasteiger partial charge >= 0.3 is 5.97 Å². The maximum Gasteiger partial charge on any atom is 0.355 e. The van der Waals surface area contributed by atoms with Crippen molar-refractivity contribution in [3.63, 3.8) is 0 Å². The molecule has 7 nitrogen and oxygen atoms in total. The Morgan fingerprint density at radius 3 is 2.49 bits per heavy atom. The highest BCUT2D eigenvalue weighted by atomic mass is 35.5. The molecular weight excluding hydrogens is 502 g/mol. The summed E-state index contributed by atoms with van der Waals surface area (Å²) in [5.74, 6) is -1.60. The first-order valence-corrected chi connectivity index (χ1v) is 12.3. The van der Waals surface area contributed by atoms with Gasteiger partial charge < -0.3 is 19.1 Å². The van der Waals surface area contributed by atoms with Gasteiger partial charge in [0.1, 0.15) is 22.1 Å². The second-order valence-corrected chi connectivity index (χ2v) is 9.40. The molecule has 2 aromatic heterocycles. The normalized spacial score (nSPS) is 14.0. The lowest BCUT2D eigenvalue weighted by molar-refractivity contribution is 0.0515. The van der Waals surface area contributed by atoms with Crippen LogP contribution < -0.4 is 15.2 Å². The predicted octanol–water partition coefficient (Wildman–Crippen LogP) is 4.83. The van der Waals surface area contributed by atoms with Gasteiger partial charge in [0.05, 0.1) is 29.4 Å². The van der Waals surface area contributed by atoms with Crippen molar-refractivity contribution in [2.45, 2.75) is 13.8 Å². The summed E-state index contributed by atoms with van der Waals surface area (Å²) in [4.78, 5) is 33.7. The number of aryl methyl sites for hydroxylation is 2. The molecule has 0 N–H and O–H groups in total. The molecule has 0 saturated carbocycles. The summed E-state index contributed by atoms with van der Waals surface area (Å²) in [6, 6.07) is 8.04. The van der Waals surface area contributed by atoms with E-state index in [9.17, 15) is 14.0 Å². The number of nitrogens with zero attached hydrogens (tertiary/aromatic N) is 4.